The monoisotopic (exact) mass is 464 g/mol. The van der Waals surface area contributed by atoms with Gasteiger partial charge in [-0.25, -0.2) is 0 Å². The molecule has 2 atom stereocenters. The highest BCUT2D eigenvalue weighted by molar-refractivity contribution is 5.73. The summed E-state index contributed by atoms with van der Waals surface area (Å²) in [5.41, 5.74) is 2.82. The lowest BCUT2D eigenvalue weighted by Crippen LogP contribution is -2.43. The summed E-state index contributed by atoms with van der Waals surface area (Å²) >= 11 is 0. The summed E-state index contributed by atoms with van der Waals surface area (Å²) in [6.07, 6.45) is 7.91. The van der Waals surface area contributed by atoms with E-state index in [0.717, 1.165) is 25.4 Å². The molecule has 0 saturated carbocycles. The van der Waals surface area contributed by atoms with Crippen molar-refractivity contribution in [3.8, 4) is 0 Å². The zero-order chi connectivity index (χ0) is 24.3. The van der Waals surface area contributed by atoms with E-state index >= 15 is 0 Å². The number of likely N-dealkylation sites (tertiary alicyclic amines) is 2. The molecule has 2 aliphatic heterocycles. The first-order valence-electron chi connectivity index (χ1n) is 13.2. The van der Waals surface area contributed by atoms with E-state index in [2.05, 4.69) is 71.4 Å². The highest BCUT2D eigenvalue weighted by Crippen LogP contribution is 2.29. The molecule has 2 aromatic carbocycles. The van der Waals surface area contributed by atoms with Crippen LogP contribution in [0.3, 0.4) is 0 Å². The minimum atomic E-state index is -0.696. The van der Waals surface area contributed by atoms with E-state index in [-0.39, 0.29) is 12.0 Å². The largest absolute Gasteiger partial charge is 0.480 e. The number of hydrogen-bond acceptors (Lipinski definition) is 3. The summed E-state index contributed by atoms with van der Waals surface area (Å²) in [5.74, 6) is 0.919. The molecule has 2 saturated heterocycles. The normalized spacial score (nSPS) is 20.6. The third-order valence-electron chi connectivity index (χ3n) is 7.53. The molecule has 2 aromatic rings. The molecule has 0 spiro atoms. The summed E-state index contributed by atoms with van der Waals surface area (Å²) in [7, 11) is 2.24. The Hall–Kier alpha value is -2.17. The Balaban J connectivity index is 0.000000192. The van der Waals surface area contributed by atoms with E-state index in [1.165, 1.54) is 56.3 Å². The number of aryl methyl sites for hydroxylation is 1. The lowest BCUT2D eigenvalue weighted by atomic mass is 9.91. The molecule has 0 aromatic heterocycles. The van der Waals surface area contributed by atoms with Crippen molar-refractivity contribution in [1.29, 1.82) is 0 Å². The van der Waals surface area contributed by atoms with Crippen LogP contribution in [0.2, 0.25) is 0 Å². The molecule has 0 aliphatic carbocycles. The number of nitrogens with zero attached hydrogens (tertiary/aromatic N) is 2. The average Bonchev–Trinajstić information content (AvgIpc) is 3.31. The van der Waals surface area contributed by atoms with Crippen LogP contribution < -0.4 is 0 Å². The van der Waals surface area contributed by atoms with Gasteiger partial charge in [-0.05, 0) is 87.7 Å². The van der Waals surface area contributed by atoms with Crippen LogP contribution in [0.15, 0.2) is 60.7 Å². The van der Waals surface area contributed by atoms with Crippen molar-refractivity contribution in [1.82, 2.24) is 9.80 Å². The molecule has 186 valence electrons. The third-order valence-corrected chi connectivity index (χ3v) is 7.53. The Kier molecular flexibility index (Phi) is 10.6. The predicted octanol–water partition coefficient (Wildman–Crippen LogP) is 5.94. The molecule has 2 heterocycles. The second-order valence-corrected chi connectivity index (χ2v) is 10.5. The maximum Gasteiger partial charge on any atom is 0.321 e. The topological polar surface area (TPSA) is 43.8 Å². The van der Waals surface area contributed by atoms with E-state index in [4.69, 9.17) is 0 Å². The lowest BCUT2D eigenvalue weighted by molar-refractivity contribution is -0.144. The lowest BCUT2D eigenvalue weighted by Gasteiger charge is -2.28. The van der Waals surface area contributed by atoms with Crippen LogP contribution in [0.4, 0.5) is 0 Å². The van der Waals surface area contributed by atoms with Crippen LogP contribution in [0.1, 0.15) is 63.0 Å². The van der Waals surface area contributed by atoms with E-state index in [0.29, 0.717) is 5.92 Å². The quantitative estimate of drug-likeness (QED) is 0.525. The number of piperidine rings is 1. The standard InChI is InChI=1S/C15H21NO2.C15H23N/c1-11(2)14(15(17)18)16-9-8-13(10-16)12-6-4-3-5-7-12;1-16-12-10-15(11-13-16)9-5-8-14-6-3-2-4-7-14/h3-7,11,13-14H,8-10H2,1-2H3,(H,17,18);2-4,6-7,15H,5,8-13H2,1H3/t13-,14?;/m1./s1. The summed E-state index contributed by atoms with van der Waals surface area (Å²) in [5, 5.41) is 9.32. The van der Waals surface area contributed by atoms with Gasteiger partial charge in [0.05, 0.1) is 0 Å². The van der Waals surface area contributed by atoms with Gasteiger partial charge in [0.25, 0.3) is 0 Å². The van der Waals surface area contributed by atoms with Crippen LogP contribution in [-0.2, 0) is 11.2 Å². The van der Waals surface area contributed by atoms with Gasteiger partial charge in [0.2, 0.25) is 0 Å². The highest BCUT2D eigenvalue weighted by Gasteiger charge is 2.34. The summed E-state index contributed by atoms with van der Waals surface area (Å²) in [6, 6.07) is 20.9. The van der Waals surface area contributed by atoms with Crippen LogP contribution in [-0.4, -0.2) is 60.1 Å². The van der Waals surface area contributed by atoms with E-state index < -0.39 is 5.97 Å². The molecule has 2 aliphatic rings. The second-order valence-electron chi connectivity index (χ2n) is 10.5. The van der Waals surface area contributed by atoms with Crippen molar-refractivity contribution in [2.45, 2.75) is 64.3 Å². The van der Waals surface area contributed by atoms with Gasteiger partial charge in [-0.15, -0.1) is 0 Å². The first-order valence-corrected chi connectivity index (χ1v) is 13.2. The fraction of sp³-hybridized carbons (Fsp3) is 0.567. The summed E-state index contributed by atoms with van der Waals surface area (Å²) in [4.78, 5) is 15.9. The van der Waals surface area contributed by atoms with Crippen LogP contribution in [0.25, 0.3) is 0 Å². The molecule has 1 N–H and O–H groups in total. The maximum absolute atomic E-state index is 11.3. The Morgan fingerprint density at radius 3 is 2.15 bits per heavy atom. The highest BCUT2D eigenvalue weighted by atomic mass is 16.4. The molecule has 34 heavy (non-hydrogen) atoms. The summed E-state index contributed by atoms with van der Waals surface area (Å²) in [6.45, 7) is 8.31. The minimum absolute atomic E-state index is 0.150. The number of carboxylic acid groups (broad SMARTS) is 1. The molecule has 4 heteroatoms. The number of rotatable bonds is 8. The van der Waals surface area contributed by atoms with Crippen molar-refractivity contribution < 1.29 is 9.90 Å². The van der Waals surface area contributed by atoms with Gasteiger partial charge in [0, 0.05) is 6.54 Å². The van der Waals surface area contributed by atoms with Crippen LogP contribution >= 0.6 is 0 Å². The van der Waals surface area contributed by atoms with Crippen molar-refractivity contribution in [2.24, 2.45) is 11.8 Å². The minimum Gasteiger partial charge on any atom is -0.480 e. The molecule has 4 rings (SSSR count). The Labute approximate surface area is 207 Å². The molecular weight excluding hydrogens is 420 g/mol. The number of carbonyl (C=O) groups is 1. The number of carboxylic acids is 1. The van der Waals surface area contributed by atoms with Gasteiger partial charge in [-0.2, -0.15) is 0 Å². The first-order chi connectivity index (χ1) is 16.4. The van der Waals surface area contributed by atoms with Gasteiger partial charge in [-0.1, -0.05) is 80.9 Å². The van der Waals surface area contributed by atoms with Gasteiger partial charge in [0.15, 0.2) is 0 Å². The number of hydrogen-bond donors (Lipinski definition) is 1. The Morgan fingerprint density at radius 2 is 1.56 bits per heavy atom. The zero-order valence-corrected chi connectivity index (χ0v) is 21.4. The summed E-state index contributed by atoms with van der Waals surface area (Å²) < 4.78 is 0. The predicted molar refractivity (Wildman–Crippen MR) is 141 cm³/mol. The van der Waals surface area contributed by atoms with Gasteiger partial charge < -0.3 is 10.0 Å². The first kappa shape index (κ1) is 26.4. The van der Waals surface area contributed by atoms with Crippen molar-refractivity contribution in [3.63, 3.8) is 0 Å². The smallest absolute Gasteiger partial charge is 0.321 e. The molecule has 0 bridgehead atoms. The average molecular weight is 465 g/mol. The third kappa shape index (κ3) is 8.25. The molecule has 1 unspecified atom stereocenters. The Morgan fingerprint density at radius 1 is 0.941 bits per heavy atom. The van der Waals surface area contributed by atoms with Crippen LogP contribution in [0, 0.1) is 11.8 Å². The van der Waals surface area contributed by atoms with E-state index in [1.54, 1.807) is 0 Å². The fourth-order valence-electron chi connectivity index (χ4n) is 5.49. The van der Waals surface area contributed by atoms with Crippen molar-refractivity contribution in [3.05, 3.63) is 71.8 Å². The fourth-order valence-corrected chi connectivity index (χ4v) is 5.49. The zero-order valence-electron chi connectivity index (χ0n) is 21.4. The second kappa shape index (κ2) is 13.7. The number of benzene rings is 2. The Bertz CT molecular complexity index is 831. The molecule has 0 amide bonds. The molecule has 0 radical (unpaired) electrons. The van der Waals surface area contributed by atoms with Gasteiger partial charge in [-0.3, -0.25) is 9.69 Å². The van der Waals surface area contributed by atoms with E-state index in [1.807, 2.05) is 19.9 Å². The van der Waals surface area contributed by atoms with Crippen molar-refractivity contribution >= 4 is 5.97 Å². The van der Waals surface area contributed by atoms with Crippen molar-refractivity contribution in [2.75, 3.05) is 33.2 Å². The molecule has 4 nitrogen and oxygen atoms in total. The van der Waals surface area contributed by atoms with E-state index in [9.17, 15) is 9.90 Å². The van der Waals surface area contributed by atoms with Gasteiger partial charge in [0.1, 0.15) is 6.04 Å². The molecular formula is C30H44N2O2. The number of aliphatic carboxylic acids is 1. The maximum atomic E-state index is 11.3. The molecule has 2 fully saturated rings. The van der Waals surface area contributed by atoms with Crippen LogP contribution in [0.5, 0.6) is 0 Å². The SMILES string of the molecule is CC(C)C(C(=O)O)N1CC[C@@H](c2ccccc2)C1.CN1CCC(CCCc2ccccc2)CC1. The van der Waals surface area contributed by atoms with Gasteiger partial charge >= 0.3 is 5.97 Å².